The number of rotatable bonds is 7. The number of nitrogens with one attached hydrogen (secondary N) is 1. The quantitative estimate of drug-likeness (QED) is 0.449. The molecule has 0 heterocycles. The minimum Gasteiger partial charge on any atom is -0.271 e. The molecule has 0 radical (unpaired) electrons. The Labute approximate surface area is 181 Å². The predicted molar refractivity (Wildman–Crippen MR) is 119 cm³/mol. The van der Waals surface area contributed by atoms with Crippen molar-refractivity contribution >= 4 is 27.8 Å². The van der Waals surface area contributed by atoms with Gasteiger partial charge in [0.25, 0.3) is 15.9 Å². The van der Waals surface area contributed by atoms with Crippen molar-refractivity contribution in [3.63, 3.8) is 0 Å². The molecule has 0 unspecified atom stereocenters. The Bertz CT molecular complexity index is 1190. The van der Waals surface area contributed by atoms with Crippen LogP contribution in [0.4, 0.5) is 10.1 Å². The molecule has 3 aromatic carbocycles. The topological polar surface area (TPSA) is 78.8 Å². The molecule has 0 atom stereocenters. The average molecular weight is 440 g/mol. The van der Waals surface area contributed by atoms with Crippen LogP contribution in [0.15, 0.2) is 82.8 Å². The number of carbonyl (C=O) groups is 1. The van der Waals surface area contributed by atoms with Crippen molar-refractivity contribution in [3.05, 3.63) is 95.3 Å². The van der Waals surface area contributed by atoms with Crippen LogP contribution in [0.25, 0.3) is 0 Å². The van der Waals surface area contributed by atoms with Gasteiger partial charge in [-0.1, -0.05) is 59.7 Å². The van der Waals surface area contributed by atoms with Crippen LogP contribution in [-0.4, -0.2) is 27.1 Å². The van der Waals surface area contributed by atoms with Crippen molar-refractivity contribution in [1.82, 2.24) is 5.43 Å². The lowest BCUT2D eigenvalue weighted by Gasteiger charge is -2.24. The monoisotopic (exact) mass is 439 g/mol. The maximum absolute atomic E-state index is 14.4. The minimum atomic E-state index is -4.19. The maximum Gasteiger partial charge on any atom is 0.264 e. The molecule has 3 aromatic rings. The van der Waals surface area contributed by atoms with Gasteiger partial charge in [-0.25, -0.2) is 18.2 Å². The third-order valence-corrected chi connectivity index (χ3v) is 6.27. The van der Waals surface area contributed by atoms with Crippen molar-refractivity contribution in [2.75, 3.05) is 10.8 Å². The van der Waals surface area contributed by atoms with Gasteiger partial charge >= 0.3 is 0 Å². The summed E-state index contributed by atoms with van der Waals surface area (Å²) in [5.74, 6) is -1.46. The van der Waals surface area contributed by atoms with Gasteiger partial charge < -0.3 is 0 Å². The van der Waals surface area contributed by atoms with Gasteiger partial charge in [0.05, 0.1) is 16.8 Å². The third-order valence-electron chi connectivity index (χ3n) is 4.50. The van der Waals surface area contributed by atoms with Gasteiger partial charge in [0.2, 0.25) is 0 Å². The number of benzene rings is 3. The smallest absolute Gasteiger partial charge is 0.264 e. The number of nitrogens with zero attached hydrogens (tertiary/aromatic N) is 2. The SMILES string of the molecule is Cc1ccc(/C=N\NC(=O)CN(c2ccccc2F)S(=O)(=O)c2ccc(C)cc2)cc1. The van der Waals surface area contributed by atoms with Gasteiger partial charge in [-0.05, 0) is 43.7 Å². The molecule has 0 fully saturated rings. The Morgan fingerprint density at radius 3 is 2.16 bits per heavy atom. The molecule has 1 amide bonds. The maximum atomic E-state index is 14.4. The van der Waals surface area contributed by atoms with E-state index in [-0.39, 0.29) is 10.6 Å². The van der Waals surface area contributed by atoms with E-state index in [4.69, 9.17) is 0 Å². The fraction of sp³-hybridized carbons (Fsp3) is 0.130. The summed E-state index contributed by atoms with van der Waals surface area (Å²) in [5, 5.41) is 3.87. The van der Waals surface area contributed by atoms with Gasteiger partial charge in [0, 0.05) is 0 Å². The van der Waals surface area contributed by atoms with Crippen LogP contribution in [0.2, 0.25) is 0 Å². The normalized spacial score (nSPS) is 11.5. The molecule has 0 saturated heterocycles. The Balaban J connectivity index is 1.85. The highest BCUT2D eigenvalue weighted by molar-refractivity contribution is 7.92. The van der Waals surface area contributed by atoms with Gasteiger partial charge in [0.15, 0.2) is 0 Å². The van der Waals surface area contributed by atoms with Crippen molar-refractivity contribution < 1.29 is 17.6 Å². The molecule has 1 N–H and O–H groups in total. The highest BCUT2D eigenvalue weighted by Crippen LogP contribution is 2.26. The fourth-order valence-electron chi connectivity index (χ4n) is 2.79. The van der Waals surface area contributed by atoms with Gasteiger partial charge in [0.1, 0.15) is 12.4 Å². The van der Waals surface area contributed by atoms with E-state index in [2.05, 4.69) is 10.5 Å². The highest BCUT2D eigenvalue weighted by atomic mass is 32.2. The largest absolute Gasteiger partial charge is 0.271 e. The van der Waals surface area contributed by atoms with Crippen LogP contribution in [-0.2, 0) is 14.8 Å². The number of anilines is 1. The molecule has 0 spiro atoms. The number of amides is 1. The number of sulfonamides is 1. The van der Waals surface area contributed by atoms with Gasteiger partial charge in [-0.2, -0.15) is 5.10 Å². The molecule has 0 bridgehead atoms. The number of hydrazone groups is 1. The van der Waals surface area contributed by atoms with Crippen LogP contribution in [0.3, 0.4) is 0 Å². The first-order valence-corrected chi connectivity index (χ1v) is 10.9. The summed E-state index contributed by atoms with van der Waals surface area (Å²) in [6.07, 6.45) is 1.44. The lowest BCUT2D eigenvalue weighted by molar-refractivity contribution is -0.119. The molecule has 0 aliphatic carbocycles. The van der Waals surface area contributed by atoms with Crippen molar-refractivity contribution in [1.29, 1.82) is 0 Å². The number of halogens is 1. The summed E-state index contributed by atoms with van der Waals surface area (Å²) in [4.78, 5) is 12.4. The summed E-state index contributed by atoms with van der Waals surface area (Å²) in [5.41, 5.74) is 4.81. The third kappa shape index (κ3) is 5.55. The number of hydrogen-bond donors (Lipinski definition) is 1. The summed E-state index contributed by atoms with van der Waals surface area (Å²) in [6, 6.07) is 19.0. The first kappa shape index (κ1) is 22.2. The van der Waals surface area contributed by atoms with Gasteiger partial charge in [-0.15, -0.1) is 0 Å². The number of hydrogen-bond acceptors (Lipinski definition) is 4. The van der Waals surface area contributed by atoms with E-state index >= 15 is 0 Å². The van der Waals surface area contributed by atoms with Crippen LogP contribution in [0.5, 0.6) is 0 Å². The minimum absolute atomic E-state index is 0.0442. The van der Waals surface area contributed by atoms with Crippen LogP contribution in [0.1, 0.15) is 16.7 Å². The first-order chi connectivity index (χ1) is 14.8. The van der Waals surface area contributed by atoms with E-state index in [1.165, 1.54) is 36.5 Å². The number of carbonyl (C=O) groups excluding carboxylic acids is 1. The average Bonchev–Trinajstić information content (AvgIpc) is 2.74. The number of aryl methyl sites for hydroxylation is 2. The Morgan fingerprint density at radius 2 is 1.55 bits per heavy atom. The zero-order valence-electron chi connectivity index (χ0n) is 17.1. The second kappa shape index (κ2) is 9.53. The van der Waals surface area contributed by atoms with Crippen molar-refractivity contribution in [2.24, 2.45) is 5.10 Å². The standard InChI is InChI=1S/C23H22FN3O3S/c1-17-7-11-19(12-8-17)15-25-26-23(28)16-27(22-6-4-3-5-21(22)24)31(29,30)20-13-9-18(2)10-14-20/h3-15H,16H2,1-2H3,(H,26,28)/b25-15-. The highest BCUT2D eigenvalue weighted by Gasteiger charge is 2.29. The van der Waals surface area contributed by atoms with E-state index in [0.29, 0.717) is 0 Å². The molecule has 8 heteroatoms. The molecule has 0 aliphatic heterocycles. The molecule has 6 nitrogen and oxygen atoms in total. The number of para-hydroxylation sites is 1. The second-order valence-electron chi connectivity index (χ2n) is 6.98. The molecule has 0 aliphatic rings. The molecule has 160 valence electrons. The molecule has 3 rings (SSSR count). The van der Waals surface area contributed by atoms with Gasteiger partial charge in [-0.3, -0.25) is 9.10 Å². The lowest BCUT2D eigenvalue weighted by Crippen LogP contribution is -2.40. The van der Waals surface area contributed by atoms with E-state index in [0.717, 1.165) is 27.1 Å². The first-order valence-electron chi connectivity index (χ1n) is 9.50. The molecule has 31 heavy (non-hydrogen) atoms. The predicted octanol–water partition coefficient (Wildman–Crippen LogP) is 3.79. The van der Waals surface area contributed by atoms with Crippen molar-refractivity contribution in [3.8, 4) is 0 Å². The van der Waals surface area contributed by atoms with Crippen LogP contribution < -0.4 is 9.73 Å². The molecule has 0 saturated carbocycles. The lowest BCUT2D eigenvalue weighted by atomic mass is 10.2. The Kier molecular flexibility index (Phi) is 6.81. The Morgan fingerprint density at radius 1 is 0.968 bits per heavy atom. The van der Waals surface area contributed by atoms with Crippen LogP contribution in [0, 0.1) is 19.7 Å². The van der Waals surface area contributed by atoms with E-state index in [9.17, 15) is 17.6 Å². The van der Waals surface area contributed by atoms with E-state index < -0.39 is 28.3 Å². The summed E-state index contributed by atoms with van der Waals surface area (Å²) < 4.78 is 41.6. The van der Waals surface area contributed by atoms with E-state index in [1.54, 1.807) is 12.1 Å². The summed E-state index contributed by atoms with van der Waals surface area (Å²) in [7, 11) is -4.19. The van der Waals surface area contributed by atoms with Crippen molar-refractivity contribution in [2.45, 2.75) is 18.7 Å². The molecular weight excluding hydrogens is 417 g/mol. The summed E-state index contributed by atoms with van der Waals surface area (Å²) in [6.45, 7) is 3.14. The zero-order valence-corrected chi connectivity index (χ0v) is 17.9. The molecule has 0 aromatic heterocycles. The molecular formula is C23H22FN3O3S. The summed E-state index contributed by atoms with van der Waals surface area (Å²) >= 11 is 0. The van der Waals surface area contributed by atoms with E-state index in [1.807, 2.05) is 38.1 Å². The second-order valence-corrected chi connectivity index (χ2v) is 8.84. The zero-order chi connectivity index (χ0) is 22.4. The fourth-order valence-corrected chi connectivity index (χ4v) is 4.22. The van der Waals surface area contributed by atoms with Crippen LogP contribution >= 0.6 is 0 Å². The Hall–Kier alpha value is -3.52.